The molecular formula is C5H2NO2S. The molecule has 1 aromatic rings. The van der Waals surface area contributed by atoms with Crippen molar-refractivity contribution in [1.82, 2.24) is 4.98 Å². The molecule has 3 nitrogen and oxygen atoms in total. The number of hydrogen-bond donors (Lipinski definition) is 0. The Morgan fingerprint density at radius 3 is 3.00 bits per heavy atom. The molecule has 0 aliphatic rings. The third-order valence-electron chi connectivity index (χ3n) is 0.758. The van der Waals surface area contributed by atoms with E-state index in [2.05, 4.69) is 4.98 Å². The van der Waals surface area contributed by atoms with Crippen molar-refractivity contribution >= 4 is 23.4 Å². The third kappa shape index (κ3) is 1.20. The summed E-state index contributed by atoms with van der Waals surface area (Å²) in [6.07, 6.45) is 1.22. The Morgan fingerprint density at radius 1 is 1.78 bits per heavy atom. The molecule has 1 radical (unpaired) electrons. The van der Waals surface area contributed by atoms with Gasteiger partial charge in [-0.25, -0.2) is 4.98 Å². The maximum atomic E-state index is 10.4. The Bertz CT molecular complexity index is 217. The molecule has 1 heterocycles. The number of carbonyl (C=O) groups excluding carboxylic acids is 2. The van der Waals surface area contributed by atoms with Gasteiger partial charge >= 0.3 is 0 Å². The van der Waals surface area contributed by atoms with E-state index in [1.807, 2.05) is 0 Å². The second kappa shape index (κ2) is 2.50. The summed E-state index contributed by atoms with van der Waals surface area (Å²) in [5.41, 5.74) is 1.67. The second-order valence-electron chi connectivity index (χ2n) is 1.30. The molecule has 0 aliphatic heterocycles. The van der Waals surface area contributed by atoms with Gasteiger partial charge in [-0.1, -0.05) is 0 Å². The maximum Gasteiger partial charge on any atom is 0.279 e. The monoisotopic (exact) mass is 140 g/mol. The van der Waals surface area contributed by atoms with E-state index in [1.54, 1.807) is 0 Å². The summed E-state index contributed by atoms with van der Waals surface area (Å²) in [6.45, 7) is 0. The van der Waals surface area contributed by atoms with Crippen LogP contribution in [0.15, 0.2) is 10.9 Å². The van der Waals surface area contributed by atoms with E-state index in [0.29, 0.717) is 0 Å². The first-order chi connectivity index (χ1) is 4.34. The van der Waals surface area contributed by atoms with Crippen LogP contribution in [0.3, 0.4) is 0 Å². The Hall–Kier alpha value is -1.03. The van der Waals surface area contributed by atoms with E-state index < -0.39 is 5.78 Å². The molecule has 0 amide bonds. The Morgan fingerprint density at radius 2 is 2.56 bits per heavy atom. The zero-order chi connectivity index (χ0) is 6.69. The molecule has 0 fully saturated rings. The highest BCUT2D eigenvalue weighted by Crippen LogP contribution is 1.99. The van der Waals surface area contributed by atoms with Crippen molar-refractivity contribution in [2.24, 2.45) is 0 Å². The number of ketones is 1. The number of Topliss-reactive ketones (excluding diaryl/α,β-unsaturated/α-hetero) is 1. The standard InChI is InChI=1S/C5H2NO2S/c7-1-5(8)4-2-9-3-6-4/h2-3H. The van der Waals surface area contributed by atoms with E-state index in [9.17, 15) is 9.59 Å². The third-order valence-corrected chi connectivity index (χ3v) is 1.34. The van der Waals surface area contributed by atoms with Crippen molar-refractivity contribution in [2.75, 3.05) is 0 Å². The molecule has 0 aliphatic carbocycles. The van der Waals surface area contributed by atoms with Crippen LogP contribution in [0.5, 0.6) is 0 Å². The highest BCUT2D eigenvalue weighted by Gasteiger charge is 2.04. The lowest BCUT2D eigenvalue weighted by atomic mass is 10.3. The first kappa shape index (κ1) is 6.10. The van der Waals surface area contributed by atoms with Gasteiger partial charge in [0.2, 0.25) is 0 Å². The lowest BCUT2D eigenvalue weighted by Crippen LogP contribution is -1.98. The van der Waals surface area contributed by atoms with E-state index in [0.717, 1.165) is 0 Å². The molecule has 45 valence electrons. The van der Waals surface area contributed by atoms with Gasteiger partial charge in [0, 0.05) is 5.38 Å². The molecule has 0 saturated carbocycles. The van der Waals surface area contributed by atoms with Gasteiger partial charge in [-0.2, -0.15) is 0 Å². The van der Waals surface area contributed by atoms with E-state index in [4.69, 9.17) is 0 Å². The van der Waals surface area contributed by atoms with Crippen molar-refractivity contribution in [3.05, 3.63) is 16.6 Å². The largest absolute Gasteiger partial charge is 0.283 e. The summed E-state index contributed by atoms with van der Waals surface area (Å²) in [6, 6.07) is 0. The first-order valence-corrected chi connectivity index (χ1v) is 3.09. The van der Waals surface area contributed by atoms with Crippen LogP contribution < -0.4 is 0 Å². The fraction of sp³-hybridized carbons (Fsp3) is 0. The lowest BCUT2D eigenvalue weighted by Gasteiger charge is -1.76. The first-order valence-electron chi connectivity index (χ1n) is 2.15. The molecule has 0 atom stereocenters. The molecule has 0 unspecified atom stereocenters. The predicted octanol–water partition coefficient (Wildman–Crippen LogP) is 0.436. The van der Waals surface area contributed by atoms with Gasteiger partial charge in [0.25, 0.3) is 12.1 Å². The van der Waals surface area contributed by atoms with Crippen molar-refractivity contribution < 1.29 is 9.59 Å². The van der Waals surface area contributed by atoms with Crippen molar-refractivity contribution in [2.45, 2.75) is 0 Å². The minimum atomic E-state index is -0.684. The Labute approximate surface area is 55.3 Å². The fourth-order valence-electron chi connectivity index (χ4n) is 0.377. The Kier molecular flexibility index (Phi) is 1.69. The summed E-state index contributed by atoms with van der Waals surface area (Å²) in [5, 5.41) is 1.51. The summed E-state index contributed by atoms with van der Waals surface area (Å²) in [5.74, 6) is -0.684. The fourth-order valence-corrected chi connectivity index (χ4v) is 0.909. The van der Waals surface area contributed by atoms with Gasteiger partial charge < -0.3 is 0 Å². The molecule has 0 bridgehead atoms. The number of rotatable bonds is 2. The summed E-state index contributed by atoms with van der Waals surface area (Å²) >= 11 is 1.27. The average molecular weight is 140 g/mol. The van der Waals surface area contributed by atoms with Crippen LogP contribution in [0, 0.1) is 0 Å². The normalized spacial score (nSPS) is 8.89. The van der Waals surface area contributed by atoms with Crippen LogP contribution in [0.1, 0.15) is 10.5 Å². The molecule has 1 rings (SSSR count). The number of nitrogens with zero attached hydrogens (tertiary/aromatic N) is 1. The van der Waals surface area contributed by atoms with E-state index >= 15 is 0 Å². The van der Waals surface area contributed by atoms with Gasteiger partial charge in [-0.3, -0.25) is 9.59 Å². The lowest BCUT2D eigenvalue weighted by molar-refractivity contribution is 0.105. The van der Waals surface area contributed by atoms with Crippen LogP contribution in [-0.2, 0) is 4.79 Å². The van der Waals surface area contributed by atoms with Gasteiger partial charge in [-0.15, -0.1) is 11.3 Å². The SMILES string of the molecule is O=[C]C(=O)c1cscn1. The predicted molar refractivity (Wildman–Crippen MR) is 32.1 cm³/mol. The summed E-state index contributed by atoms with van der Waals surface area (Å²) in [4.78, 5) is 23.7. The average Bonchev–Trinajstić information content (AvgIpc) is 2.37. The minimum absolute atomic E-state index is 0.176. The zero-order valence-electron chi connectivity index (χ0n) is 4.33. The van der Waals surface area contributed by atoms with Crippen LogP contribution in [0.4, 0.5) is 0 Å². The smallest absolute Gasteiger partial charge is 0.279 e. The highest BCUT2D eigenvalue weighted by molar-refractivity contribution is 7.07. The topological polar surface area (TPSA) is 47.0 Å². The van der Waals surface area contributed by atoms with Crippen molar-refractivity contribution in [3.63, 3.8) is 0 Å². The van der Waals surface area contributed by atoms with Crippen LogP contribution in [0.2, 0.25) is 0 Å². The van der Waals surface area contributed by atoms with E-state index in [1.165, 1.54) is 28.5 Å². The van der Waals surface area contributed by atoms with Gasteiger partial charge in [0.15, 0.2) is 0 Å². The van der Waals surface area contributed by atoms with Gasteiger partial charge in [0.05, 0.1) is 5.51 Å². The highest BCUT2D eigenvalue weighted by atomic mass is 32.1. The van der Waals surface area contributed by atoms with Crippen LogP contribution >= 0.6 is 11.3 Å². The maximum absolute atomic E-state index is 10.4. The summed E-state index contributed by atoms with van der Waals surface area (Å²) < 4.78 is 0. The molecular weight excluding hydrogens is 138 g/mol. The molecule has 0 N–H and O–H groups in total. The number of aromatic nitrogens is 1. The van der Waals surface area contributed by atoms with Gasteiger partial charge in [-0.05, 0) is 0 Å². The second-order valence-corrected chi connectivity index (χ2v) is 2.02. The van der Waals surface area contributed by atoms with Crippen LogP contribution in [0.25, 0.3) is 0 Å². The number of hydrogen-bond acceptors (Lipinski definition) is 4. The van der Waals surface area contributed by atoms with Gasteiger partial charge in [0.1, 0.15) is 5.69 Å². The quantitative estimate of drug-likeness (QED) is 0.442. The van der Waals surface area contributed by atoms with E-state index in [-0.39, 0.29) is 5.69 Å². The minimum Gasteiger partial charge on any atom is -0.283 e. The molecule has 9 heavy (non-hydrogen) atoms. The Balaban J connectivity index is 2.89. The molecule has 0 saturated heterocycles. The number of carbonyl (C=O) groups is 1. The molecule has 0 aromatic carbocycles. The molecule has 0 spiro atoms. The number of thiazole rings is 1. The van der Waals surface area contributed by atoms with Crippen molar-refractivity contribution in [3.8, 4) is 0 Å². The molecule has 1 aromatic heterocycles. The molecule has 4 heteroatoms. The van der Waals surface area contributed by atoms with Crippen LogP contribution in [-0.4, -0.2) is 17.1 Å². The summed E-state index contributed by atoms with van der Waals surface area (Å²) in [7, 11) is 0. The van der Waals surface area contributed by atoms with Crippen molar-refractivity contribution in [1.29, 1.82) is 0 Å². The zero-order valence-corrected chi connectivity index (χ0v) is 5.14.